The van der Waals surface area contributed by atoms with Crippen LogP contribution < -0.4 is 0 Å². The zero-order valence-corrected chi connectivity index (χ0v) is 11.2. The molecule has 2 rings (SSSR count). The van der Waals surface area contributed by atoms with Crippen LogP contribution in [0.1, 0.15) is 6.92 Å². The predicted molar refractivity (Wildman–Crippen MR) is 67.3 cm³/mol. The van der Waals surface area contributed by atoms with Gasteiger partial charge in [0.15, 0.2) is 0 Å². The standard InChI is InChI=1S/C12H17FN2O2S/c1-2-14-6-8-15(9-7-14)18(16,17)12-5-3-4-11(13)10-12/h3-5,10H,2,6-9H2,1H3. The molecule has 0 unspecified atom stereocenters. The van der Waals surface area contributed by atoms with Gasteiger partial charge in [-0.15, -0.1) is 0 Å². The third kappa shape index (κ3) is 2.71. The van der Waals surface area contributed by atoms with Gasteiger partial charge >= 0.3 is 0 Å². The fourth-order valence-corrected chi connectivity index (χ4v) is 3.52. The van der Waals surface area contributed by atoms with Crippen LogP contribution >= 0.6 is 0 Å². The quantitative estimate of drug-likeness (QED) is 0.829. The summed E-state index contributed by atoms with van der Waals surface area (Å²) in [5.74, 6) is -0.525. The number of nitrogens with zero attached hydrogens (tertiary/aromatic N) is 2. The van der Waals surface area contributed by atoms with E-state index in [1.807, 2.05) is 0 Å². The topological polar surface area (TPSA) is 40.6 Å². The van der Waals surface area contributed by atoms with Gasteiger partial charge in [0, 0.05) is 26.2 Å². The fraction of sp³-hybridized carbons (Fsp3) is 0.500. The summed E-state index contributed by atoms with van der Waals surface area (Å²) < 4.78 is 39.1. The van der Waals surface area contributed by atoms with E-state index in [1.54, 1.807) is 0 Å². The first-order chi connectivity index (χ1) is 8.54. The van der Waals surface area contributed by atoms with Crippen molar-refractivity contribution in [3.8, 4) is 0 Å². The Morgan fingerprint density at radius 3 is 2.44 bits per heavy atom. The number of halogens is 1. The summed E-state index contributed by atoms with van der Waals surface area (Å²) in [5.41, 5.74) is 0. The number of hydrogen-bond acceptors (Lipinski definition) is 3. The summed E-state index contributed by atoms with van der Waals surface area (Å²) in [7, 11) is -3.55. The van der Waals surface area contributed by atoms with Crippen LogP contribution in [0.15, 0.2) is 29.2 Å². The second-order valence-corrected chi connectivity index (χ2v) is 6.23. The van der Waals surface area contributed by atoms with Crippen molar-refractivity contribution in [2.75, 3.05) is 32.7 Å². The molecule has 100 valence electrons. The Hall–Kier alpha value is -0.980. The summed E-state index contributed by atoms with van der Waals surface area (Å²) in [5, 5.41) is 0. The average Bonchev–Trinajstić information content (AvgIpc) is 2.39. The lowest BCUT2D eigenvalue weighted by molar-refractivity contribution is 0.196. The van der Waals surface area contributed by atoms with Crippen LogP contribution in [0.3, 0.4) is 0 Å². The van der Waals surface area contributed by atoms with E-state index in [4.69, 9.17) is 0 Å². The van der Waals surface area contributed by atoms with Crippen LogP contribution in [0, 0.1) is 5.82 Å². The normalized spacial score (nSPS) is 19.0. The Morgan fingerprint density at radius 2 is 1.89 bits per heavy atom. The van der Waals surface area contributed by atoms with E-state index in [1.165, 1.54) is 22.5 Å². The van der Waals surface area contributed by atoms with Crippen molar-refractivity contribution in [1.29, 1.82) is 0 Å². The van der Waals surface area contributed by atoms with E-state index in [2.05, 4.69) is 11.8 Å². The highest BCUT2D eigenvalue weighted by Crippen LogP contribution is 2.18. The smallest absolute Gasteiger partial charge is 0.243 e. The van der Waals surface area contributed by atoms with Crippen LogP contribution in [0.4, 0.5) is 4.39 Å². The van der Waals surface area contributed by atoms with Gasteiger partial charge in [0.2, 0.25) is 10.0 Å². The van der Waals surface area contributed by atoms with Gasteiger partial charge in [-0.05, 0) is 24.7 Å². The van der Waals surface area contributed by atoms with Gasteiger partial charge in [-0.1, -0.05) is 13.0 Å². The first-order valence-corrected chi connectivity index (χ1v) is 7.46. The molecule has 0 N–H and O–H groups in total. The maximum Gasteiger partial charge on any atom is 0.243 e. The number of piperazine rings is 1. The van der Waals surface area contributed by atoms with Crippen molar-refractivity contribution < 1.29 is 12.8 Å². The molecule has 0 saturated carbocycles. The first kappa shape index (κ1) is 13.5. The van der Waals surface area contributed by atoms with Gasteiger partial charge < -0.3 is 4.90 Å². The lowest BCUT2D eigenvalue weighted by atomic mass is 10.3. The average molecular weight is 272 g/mol. The Labute approximate surface area is 107 Å². The van der Waals surface area contributed by atoms with Gasteiger partial charge in [-0.2, -0.15) is 4.31 Å². The minimum Gasteiger partial charge on any atom is -0.301 e. The van der Waals surface area contributed by atoms with Gasteiger partial charge in [-0.25, -0.2) is 12.8 Å². The molecule has 1 fully saturated rings. The third-order valence-electron chi connectivity index (χ3n) is 3.21. The van der Waals surface area contributed by atoms with Crippen molar-refractivity contribution in [2.24, 2.45) is 0 Å². The lowest BCUT2D eigenvalue weighted by Crippen LogP contribution is -2.48. The molecular formula is C12H17FN2O2S. The molecule has 18 heavy (non-hydrogen) atoms. The monoisotopic (exact) mass is 272 g/mol. The molecule has 6 heteroatoms. The molecule has 1 heterocycles. The van der Waals surface area contributed by atoms with Gasteiger partial charge in [-0.3, -0.25) is 0 Å². The summed E-state index contributed by atoms with van der Waals surface area (Å²) in [4.78, 5) is 2.23. The summed E-state index contributed by atoms with van der Waals surface area (Å²) in [6, 6.07) is 5.17. The zero-order chi connectivity index (χ0) is 13.2. The molecule has 1 aliphatic heterocycles. The van der Waals surface area contributed by atoms with Crippen molar-refractivity contribution in [3.05, 3.63) is 30.1 Å². The number of likely N-dealkylation sites (N-methyl/N-ethyl adjacent to an activating group) is 1. The van der Waals surface area contributed by atoms with Crippen molar-refractivity contribution in [3.63, 3.8) is 0 Å². The maximum absolute atomic E-state index is 13.1. The molecule has 1 aromatic carbocycles. The van der Waals surface area contributed by atoms with E-state index < -0.39 is 15.8 Å². The highest BCUT2D eigenvalue weighted by Gasteiger charge is 2.28. The van der Waals surface area contributed by atoms with E-state index in [9.17, 15) is 12.8 Å². The summed E-state index contributed by atoms with van der Waals surface area (Å²) in [6.07, 6.45) is 0. The molecule has 4 nitrogen and oxygen atoms in total. The first-order valence-electron chi connectivity index (χ1n) is 6.02. The number of benzene rings is 1. The van der Waals surface area contributed by atoms with E-state index in [-0.39, 0.29) is 4.90 Å². The van der Waals surface area contributed by atoms with E-state index >= 15 is 0 Å². The number of hydrogen-bond donors (Lipinski definition) is 0. The summed E-state index contributed by atoms with van der Waals surface area (Å²) >= 11 is 0. The highest BCUT2D eigenvalue weighted by atomic mass is 32.2. The molecule has 0 spiro atoms. The fourth-order valence-electron chi connectivity index (χ4n) is 2.06. The summed E-state index contributed by atoms with van der Waals surface area (Å²) in [6.45, 7) is 5.36. The van der Waals surface area contributed by atoms with Crippen LogP contribution in [0.2, 0.25) is 0 Å². The molecular weight excluding hydrogens is 255 g/mol. The molecule has 0 atom stereocenters. The van der Waals surface area contributed by atoms with Crippen LogP contribution in [0.25, 0.3) is 0 Å². The van der Waals surface area contributed by atoms with Gasteiger partial charge in [0.25, 0.3) is 0 Å². The minimum atomic E-state index is -3.55. The van der Waals surface area contributed by atoms with Gasteiger partial charge in [0.05, 0.1) is 4.90 Å². The predicted octanol–water partition coefficient (Wildman–Crippen LogP) is 1.15. The SMILES string of the molecule is CCN1CCN(S(=O)(=O)c2cccc(F)c2)CC1. The van der Waals surface area contributed by atoms with Gasteiger partial charge in [0.1, 0.15) is 5.82 Å². The molecule has 0 amide bonds. The minimum absolute atomic E-state index is 0.0347. The molecule has 1 aliphatic rings. The maximum atomic E-state index is 13.1. The molecule has 1 saturated heterocycles. The van der Waals surface area contributed by atoms with E-state index in [0.29, 0.717) is 13.1 Å². The Morgan fingerprint density at radius 1 is 1.22 bits per heavy atom. The zero-order valence-electron chi connectivity index (χ0n) is 10.3. The molecule has 1 aromatic rings. The molecule has 0 radical (unpaired) electrons. The third-order valence-corrected chi connectivity index (χ3v) is 5.11. The van der Waals surface area contributed by atoms with Crippen LogP contribution in [-0.4, -0.2) is 50.3 Å². The second-order valence-electron chi connectivity index (χ2n) is 4.30. The van der Waals surface area contributed by atoms with Crippen molar-refractivity contribution in [2.45, 2.75) is 11.8 Å². The Bertz CT molecular complexity index is 511. The number of rotatable bonds is 3. The Balaban J connectivity index is 2.17. The molecule has 0 aliphatic carbocycles. The van der Waals surface area contributed by atoms with Crippen LogP contribution in [0.5, 0.6) is 0 Å². The highest BCUT2D eigenvalue weighted by molar-refractivity contribution is 7.89. The lowest BCUT2D eigenvalue weighted by Gasteiger charge is -2.33. The molecule has 0 bridgehead atoms. The number of sulfonamides is 1. The molecule has 0 aromatic heterocycles. The van der Waals surface area contributed by atoms with Crippen molar-refractivity contribution >= 4 is 10.0 Å². The van der Waals surface area contributed by atoms with Crippen LogP contribution in [-0.2, 0) is 10.0 Å². The van der Waals surface area contributed by atoms with E-state index in [0.717, 1.165) is 25.7 Å². The Kier molecular flexibility index (Phi) is 3.99. The van der Waals surface area contributed by atoms with Crippen molar-refractivity contribution in [1.82, 2.24) is 9.21 Å². The second kappa shape index (κ2) is 5.34. The largest absolute Gasteiger partial charge is 0.301 e.